The third-order valence-corrected chi connectivity index (χ3v) is 3.61. The highest BCUT2D eigenvalue weighted by Gasteiger charge is 2.25. The summed E-state index contributed by atoms with van der Waals surface area (Å²) >= 11 is 0. The summed E-state index contributed by atoms with van der Waals surface area (Å²) in [5.74, 6) is 0.141. The largest absolute Gasteiger partial charge is 0.383 e. The van der Waals surface area contributed by atoms with Crippen LogP contribution in [0.5, 0.6) is 0 Å². The summed E-state index contributed by atoms with van der Waals surface area (Å²) in [6.07, 6.45) is 2.33. The number of methoxy groups -OCH3 is 1. The average molecular weight is 294 g/mol. The first-order chi connectivity index (χ1) is 8.56. The van der Waals surface area contributed by atoms with Crippen molar-refractivity contribution in [3.8, 4) is 0 Å². The molecule has 5 nitrogen and oxygen atoms in total. The van der Waals surface area contributed by atoms with Crippen LogP contribution in [0.4, 0.5) is 0 Å². The number of carbonyl (C=O) groups excluding carboxylic acids is 1. The third kappa shape index (κ3) is 6.08. The molecule has 0 aromatic rings. The molecule has 3 N–H and O–H groups in total. The Bertz CT molecular complexity index is 264. The van der Waals surface area contributed by atoms with Gasteiger partial charge >= 0.3 is 0 Å². The first kappa shape index (κ1) is 18.6. The van der Waals surface area contributed by atoms with E-state index < -0.39 is 6.04 Å². The lowest BCUT2D eigenvalue weighted by Crippen LogP contribution is -2.48. The number of halogens is 1. The standard InChI is InChI=1S/C13H27N3O2.ClH/c1-10(2)12(14)13(17)15-9-11-5-4-6-16(11)7-8-18-3;/h10-12H,4-9,14H2,1-3H3,(H,15,17);1H/t11?,12-;/m0./s1. The van der Waals surface area contributed by atoms with E-state index in [9.17, 15) is 4.79 Å². The minimum Gasteiger partial charge on any atom is -0.383 e. The molecule has 19 heavy (non-hydrogen) atoms. The Morgan fingerprint density at radius 1 is 1.53 bits per heavy atom. The predicted octanol–water partition coefficient (Wildman–Crippen LogP) is 0.619. The Morgan fingerprint density at radius 3 is 2.79 bits per heavy atom. The van der Waals surface area contributed by atoms with Gasteiger partial charge in [-0.05, 0) is 25.3 Å². The number of hydrogen-bond acceptors (Lipinski definition) is 4. The second-order valence-corrected chi connectivity index (χ2v) is 5.34. The summed E-state index contributed by atoms with van der Waals surface area (Å²) in [6.45, 7) is 7.40. The molecule has 1 aliphatic heterocycles. The monoisotopic (exact) mass is 293 g/mol. The fraction of sp³-hybridized carbons (Fsp3) is 0.923. The molecule has 114 valence electrons. The number of nitrogens with one attached hydrogen (secondary N) is 1. The highest BCUT2D eigenvalue weighted by atomic mass is 35.5. The van der Waals surface area contributed by atoms with Crippen molar-refractivity contribution in [2.75, 3.05) is 33.4 Å². The third-order valence-electron chi connectivity index (χ3n) is 3.61. The number of amides is 1. The van der Waals surface area contributed by atoms with Crippen LogP contribution in [0.2, 0.25) is 0 Å². The summed E-state index contributed by atoms with van der Waals surface area (Å²) < 4.78 is 5.10. The number of nitrogens with zero attached hydrogens (tertiary/aromatic N) is 1. The Labute approximate surface area is 122 Å². The number of carbonyl (C=O) groups is 1. The first-order valence-corrected chi connectivity index (χ1v) is 6.82. The maximum atomic E-state index is 11.8. The van der Waals surface area contributed by atoms with Gasteiger partial charge in [-0.15, -0.1) is 12.4 Å². The Hall–Kier alpha value is -0.360. The van der Waals surface area contributed by atoms with Crippen molar-refractivity contribution < 1.29 is 9.53 Å². The zero-order valence-corrected chi connectivity index (χ0v) is 13.0. The molecule has 1 rings (SSSR count). The van der Waals surface area contributed by atoms with E-state index in [1.165, 1.54) is 6.42 Å². The molecule has 0 aliphatic carbocycles. The van der Waals surface area contributed by atoms with Gasteiger partial charge in [0.15, 0.2) is 0 Å². The lowest BCUT2D eigenvalue weighted by molar-refractivity contribution is -0.123. The fourth-order valence-corrected chi connectivity index (χ4v) is 2.27. The molecule has 1 saturated heterocycles. The SMILES string of the molecule is COCCN1CCCC1CNC(=O)[C@@H](N)C(C)C.Cl. The summed E-state index contributed by atoms with van der Waals surface area (Å²) in [5.41, 5.74) is 5.81. The molecule has 0 aromatic carbocycles. The van der Waals surface area contributed by atoms with Crippen LogP contribution in [0.25, 0.3) is 0 Å². The van der Waals surface area contributed by atoms with Gasteiger partial charge in [0.25, 0.3) is 0 Å². The lowest BCUT2D eigenvalue weighted by Gasteiger charge is -2.25. The van der Waals surface area contributed by atoms with Gasteiger partial charge in [-0.25, -0.2) is 0 Å². The van der Waals surface area contributed by atoms with Crippen LogP contribution >= 0.6 is 12.4 Å². The highest BCUT2D eigenvalue weighted by Crippen LogP contribution is 2.15. The van der Waals surface area contributed by atoms with Gasteiger partial charge in [-0.3, -0.25) is 9.69 Å². The van der Waals surface area contributed by atoms with E-state index >= 15 is 0 Å². The molecule has 1 aliphatic rings. The molecule has 1 heterocycles. The molecule has 0 radical (unpaired) electrons. The molecule has 6 heteroatoms. The predicted molar refractivity (Wildman–Crippen MR) is 79.5 cm³/mol. The summed E-state index contributed by atoms with van der Waals surface area (Å²) in [4.78, 5) is 14.2. The molecular formula is C13H28ClN3O2. The van der Waals surface area contributed by atoms with E-state index in [0.717, 1.165) is 26.1 Å². The molecular weight excluding hydrogens is 266 g/mol. The molecule has 1 unspecified atom stereocenters. The summed E-state index contributed by atoms with van der Waals surface area (Å²) in [5, 5.41) is 2.97. The topological polar surface area (TPSA) is 67.6 Å². The summed E-state index contributed by atoms with van der Waals surface area (Å²) in [6, 6.07) is 0.0299. The Balaban J connectivity index is 0.00000324. The molecule has 0 bridgehead atoms. The molecule has 0 spiro atoms. The van der Waals surface area contributed by atoms with Crippen LogP contribution in [0.3, 0.4) is 0 Å². The molecule has 1 amide bonds. The maximum Gasteiger partial charge on any atom is 0.237 e. The van der Waals surface area contributed by atoms with Gasteiger partial charge < -0.3 is 15.8 Å². The number of nitrogens with two attached hydrogens (primary N) is 1. The van der Waals surface area contributed by atoms with Gasteiger partial charge in [0.05, 0.1) is 12.6 Å². The number of likely N-dealkylation sites (tertiary alicyclic amines) is 1. The van der Waals surface area contributed by atoms with Crippen LogP contribution in [0.15, 0.2) is 0 Å². The molecule has 2 atom stereocenters. The molecule has 0 saturated carbocycles. The van der Waals surface area contributed by atoms with Gasteiger partial charge in [0, 0.05) is 26.2 Å². The van der Waals surface area contributed by atoms with Gasteiger partial charge in [0.2, 0.25) is 5.91 Å². The molecule has 1 fully saturated rings. The van der Waals surface area contributed by atoms with Crippen LogP contribution in [-0.2, 0) is 9.53 Å². The van der Waals surface area contributed by atoms with Crippen molar-refractivity contribution in [2.45, 2.75) is 38.8 Å². The first-order valence-electron chi connectivity index (χ1n) is 6.82. The lowest BCUT2D eigenvalue weighted by atomic mass is 10.0. The van der Waals surface area contributed by atoms with E-state index in [1.54, 1.807) is 7.11 Å². The average Bonchev–Trinajstić information content (AvgIpc) is 2.79. The van der Waals surface area contributed by atoms with E-state index in [1.807, 2.05) is 13.8 Å². The Kier molecular flexibility index (Phi) is 9.35. The van der Waals surface area contributed by atoms with Crippen molar-refractivity contribution in [3.63, 3.8) is 0 Å². The van der Waals surface area contributed by atoms with E-state index in [0.29, 0.717) is 12.6 Å². The van der Waals surface area contributed by atoms with Crippen molar-refractivity contribution in [3.05, 3.63) is 0 Å². The van der Waals surface area contributed by atoms with Gasteiger partial charge in [-0.1, -0.05) is 13.8 Å². The zero-order valence-electron chi connectivity index (χ0n) is 12.2. The van der Waals surface area contributed by atoms with Gasteiger partial charge in [-0.2, -0.15) is 0 Å². The maximum absolute atomic E-state index is 11.8. The minimum absolute atomic E-state index is 0. The van der Waals surface area contributed by atoms with Crippen LogP contribution in [0.1, 0.15) is 26.7 Å². The zero-order chi connectivity index (χ0) is 13.5. The van der Waals surface area contributed by atoms with E-state index in [2.05, 4.69) is 10.2 Å². The smallest absolute Gasteiger partial charge is 0.237 e. The minimum atomic E-state index is -0.404. The van der Waals surface area contributed by atoms with Crippen molar-refractivity contribution >= 4 is 18.3 Å². The Morgan fingerprint density at radius 2 is 2.21 bits per heavy atom. The quantitative estimate of drug-likeness (QED) is 0.722. The fourth-order valence-electron chi connectivity index (χ4n) is 2.27. The van der Waals surface area contributed by atoms with E-state index in [-0.39, 0.29) is 24.2 Å². The number of rotatable bonds is 7. The van der Waals surface area contributed by atoms with E-state index in [4.69, 9.17) is 10.5 Å². The van der Waals surface area contributed by atoms with Crippen molar-refractivity contribution in [2.24, 2.45) is 11.7 Å². The molecule has 0 aromatic heterocycles. The number of ether oxygens (including phenoxy) is 1. The van der Waals surface area contributed by atoms with Crippen LogP contribution in [0, 0.1) is 5.92 Å². The van der Waals surface area contributed by atoms with Gasteiger partial charge in [0.1, 0.15) is 0 Å². The normalized spacial score (nSPS) is 21.2. The second-order valence-electron chi connectivity index (χ2n) is 5.34. The summed E-state index contributed by atoms with van der Waals surface area (Å²) in [7, 11) is 1.72. The van der Waals surface area contributed by atoms with Crippen LogP contribution in [-0.4, -0.2) is 56.2 Å². The second kappa shape index (κ2) is 9.53. The number of hydrogen-bond donors (Lipinski definition) is 2. The highest BCUT2D eigenvalue weighted by molar-refractivity contribution is 5.85. The van der Waals surface area contributed by atoms with Crippen LogP contribution < -0.4 is 11.1 Å². The van der Waals surface area contributed by atoms with Crippen molar-refractivity contribution in [1.82, 2.24) is 10.2 Å². The van der Waals surface area contributed by atoms with Crippen molar-refractivity contribution in [1.29, 1.82) is 0 Å².